The van der Waals surface area contributed by atoms with Gasteiger partial charge in [0.25, 0.3) is 0 Å². The molecule has 4 unspecified atom stereocenters. The highest BCUT2D eigenvalue weighted by Gasteiger charge is 2.52. The van der Waals surface area contributed by atoms with Gasteiger partial charge in [0.15, 0.2) is 18.3 Å². The highest BCUT2D eigenvalue weighted by Crippen LogP contribution is 2.39. The molecule has 0 aromatic rings. The summed E-state index contributed by atoms with van der Waals surface area (Å²) in [6.07, 6.45) is -2.15. The van der Waals surface area contributed by atoms with Gasteiger partial charge in [0, 0.05) is 32.6 Å². The number of aliphatic imine (C=N–C) groups is 1. The van der Waals surface area contributed by atoms with Crippen LogP contribution in [-0.2, 0) is 38.0 Å². The van der Waals surface area contributed by atoms with Crippen molar-refractivity contribution in [1.82, 2.24) is 0 Å². The van der Waals surface area contributed by atoms with E-state index in [0.717, 1.165) is 6.42 Å². The number of rotatable bonds is 6. The van der Waals surface area contributed by atoms with E-state index >= 15 is 0 Å². The average Bonchev–Trinajstić information content (AvgIpc) is 3.08. The molecule has 3 heterocycles. The Balaban J connectivity index is 1.84. The topological polar surface area (TPSA) is 102 Å². The maximum Gasteiger partial charge on any atom is 0.303 e. The van der Waals surface area contributed by atoms with Gasteiger partial charge in [-0.3, -0.25) is 9.59 Å². The molecule has 0 spiro atoms. The van der Waals surface area contributed by atoms with Crippen molar-refractivity contribution in [3.63, 3.8) is 0 Å². The Morgan fingerprint density at radius 2 is 1.68 bits per heavy atom. The molecule has 176 valence electrons. The minimum absolute atomic E-state index is 0.0179. The van der Waals surface area contributed by atoms with E-state index in [9.17, 15) is 9.59 Å². The molecule has 0 aromatic heterocycles. The van der Waals surface area contributed by atoms with E-state index in [2.05, 4.69) is 18.8 Å². The smallest absolute Gasteiger partial charge is 0.303 e. The Labute approximate surface area is 183 Å². The van der Waals surface area contributed by atoms with Crippen molar-refractivity contribution in [1.29, 1.82) is 0 Å². The van der Waals surface area contributed by atoms with E-state index in [1.807, 2.05) is 13.8 Å². The van der Waals surface area contributed by atoms with Crippen LogP contribution in [0.1, 0.15) is 54.9 Å². The second-order valence-electron chi connectivity index (χ2n) is 8.81. The summed E-state index contributed by atoms with van der Waals surface area (Å²) < 4.78 is 35.3. The van der Waals surface area contributed by atoms with Crippen LogP contribution >= 0.6 is 0 Å². The van der Waals surface area contributed by atoms with Gasteiger partial charge in [0.05, 0.1) is 12.2 Å². The van der Waals surface area contributed by atoms with Crippen LogP contribution in [0, 0.1) is 17.8 Å². The van der Waals surface area contributed by atoms with Gasteiger partial charge in [0.1, 0.15) is 18.8 Å². The summed E-state index contributed by atoms with van der Waals surface area (Å²) in [5.41, 5.74) is 0. The third-order valence-corrected chi connectivity index (χ3v) is 6.59. The molecule has 10 atom stereocenters. The van der Waals surface area contributed by atoms with E-state index in [4.69, 9.17) is 28.4 Å². The van der Waals surface area contributed by atoms with Gasteiger partial charge < -0.3 is 28.4 Å². The number of carbonyl (C=O) groups is 2. The number of fused-ring (bicyclic) bond motifs is 1. The maximum absolute atomic E-state index is 11.8. The van der Waals surface area contributed by atoms with E-state index in [1.165, 1.54) is 13.8 Å². The monoisotopic (exact) mass is 441 g/mol. The molecule has 0 bridgehead atoms. The molecule has 0 saturated carbocycles. The van der Waals surface area contributed by atoms with Gasteiger partial charge in [-0.2, -0.15) is 0 Å². The number of hydrogen-bond acceptors (Lipinski definition) is 9. The molecule has 2 saturated heterocycles. The van der Waals surface area contributed by atoms with Crippen molar-refractivity contribution in [2.75, 3.05) is 6.61 Å². The van der Waals surface area contributed by atoms with E-state index in [0.29, 0.717) is 5.90 Å². The van der Waals surface area contributed by atoms with Crippen molar-refractivity contribution < 1.29 is 38.0 Å². The second-order valence-corrected chi connectivity index (χ2v) is 8.81. The number of carbonyl (C=O) groups excluding carboxylic acids is 2. The summed E-state index contributed by atoms with van der Waals surface area (Å²) >= 11 is 0. The highest BCUT2D eigenvalue weighted by molar-refractivity contribution is 5.75. The third-order valence-electron chi connectivity index (χ3n) is 6.59. The van der Waals surface area contributed by atoms with Crippen LogP contribution in [0.5, 0.6) is 0 Å². The van der Waals surface area contributed by atoms with Crippen molar-refractivity contribution in [3.8, 4) is 0 Å². The quantitative estimate of drug-likeness (QED) is 0.579. The van der Waals surface area contributed by atoms with Crippen LogP contribution in [-0.4, -0.2) is 67.5 Å². The van der Waals surface area contributed by atoms with Gasteiger partial charge in [-0.15, -0.1) is 0 Å². The van der Waals surface area contributed by atoms with Crippen LogP contribution < -0.4 is 0 Å². The Hall–Kier alpha value is -1.71. The predicted octanol–water partition coefficient (Wildman–Crippen LogP) is 2.45. The first-order valence-corrected chi connectivity index (χ1v) is 11.1. The molecule has 3 aliphatic heterocycles. The molecular formula is C22H35NO8. The number of hydrogen-bond donors (Lipinski definition) is 0. The molecule has 0 aliphatic carbocycles. The lowest BCUT2D eigenvalue weighted by Gasteiger charge is -2.47. The standard InChI is InChI=1S/C22H35NO8/c1-8-16-10(2)11(3)20(28-15(7)25)22(29-16)31-19-12(4)18-21(27-13(5)23-18)30-17(19)9-26-14(6)24/h10-12,16-22H,8-9H2,1-7H3/t10-,11-,12+,16?,17?,18?,19-,20?,21+,22-/m0/s1. The van der Waals surface area contributed by atoms with Crippen LogP contribution in [0.3, 0.4) is 0 Å². The summed E-state index contributed by atoms with van der Waals surface area (Å²) in [5.74, 6) is -0.0997. The zero-order valence-electron chi connectivity index (χ0n) is 19.4. The van der Waals surface area contributed by atoms with Gasteiger partial charge in [-0.25, -0.2) is 4.99 Å². The molecule has 31 heavy (non-hydrogen) atoms. The largest absolute Gasteiger partial charge is 0.463 e. The van der Waals surface area contributed by atoms with Crippen molar-refractivity contribution in [2.24, 2.45) is 22.7 Å². The fraction of sp³-hybridized carbons (Fsp3) is 0.864. The molecule has 2 fully saturated rings. The van der Waals surface area contributed by atoms with Crippen molar-refractivity contribution >= 4 is 17.8 Å². The van der Waals surface area contributed by atoms with Gasteiger partial charge in [-0.1, -0.05) is 27.7 Å². The molecule has 3 aliphatic rings. The lowest BCUT2D eigenvalue weighted by atomic mass is 9.82. The zero-order chi connectivity index (χ0) is 22.9. The summed E-state index contributed by atoms with van der Waals surface area (Å²) in [5, 5.41) is 0. The summed E-state index contributed by atoms with van der Waals surface area (Å²) in [4.78, 5) is 27.8. The Bertz CT molecular complexity index is 697. The molecule has 0 N–H and O–H groups in total. The van der Waals surface area contributed by atoms with Crippen LogP contribution in [0.2, 0.25) is 0 Å². The van der Waals surface area contributed by atoms with Crippen LogP contribution in [0.4, 0.5) is 0 Å². The molecule has 0 amide bonds. The first kappa shape index (κ1) is 23.9. The van der Waals surface area contributed by atoms with Crippen molar-refractivity contribution in [3.05, 3.63) is 0 Å². The maximum atomic E-state index is 11.8. The minimum atomic E-state index is -0.764. The fourth-order valence-corrected chi connectivity index (χ4v) is 4.69. The van der Waals surface area contributed by atoms with Gasteiger partial charge in [0.2, 0.25) is 6.29 Å². The van der Waals surface area contributed by atoms with Crippen LogP contribution in [0.15, 0.2) is 4.99 Å². The second kappa shape index (κ2) is 9.83. The molecule has 0 aromatic carbocycles. The molecule has 3 rings (SSSR count). The first-order chi connectivity index (χ1) is 14.6. The molecule has 9 nitrogen and oxygen atoms in total. The lowest BCUT2D eigenvalue weighted by Crippen LogP contribution is -2.59. The SMILES string of the molecule is CCC1O[C@@H](O[C@@H]2C(COC(C)=O)O[C@H]3OC(C)=NC3[C@H]2C)C(OC(C)=O)[C@@H](C)[C@@H]1C. The first-order valence-electron chi connectivity index (χ1n) is 11.1. The molecule has 9 heteroatoms. The minimum Gasteiger partial charge on any atom is -0.463 e. The fourth-order valence-electron chi connectivity index (χ4n) is 4.69. The van der Waals surface area contributed by atoms with E-state index < -0.39 is 36.9 Å². The summed E-state index contributed by atoms with van der Waals surface area (Å²) in [7, 11) is 0. The van der Waals surface area contributed by atoms with Gasteiger partial charge >= 0.3 is 11.9 Å². The molecular weight excluding hydrogens is 406 g/mol. The lowest BCUT2D eigenvalue weighted by molar-refractivity contribution is -0.321. The van der Waals surface area contributed by atoms with Crippen LogP contribution in [0.25, 0.3) is 0 Å². The normalized spacial score (nSPS) is 42.2. The van der Waals surface area contributed by atoms with E-state index in [-0.39, 0.29) is 42.5 Å². The number of esters is 2. The zero-order valence-corrected chi connectivity index (χ0v) is 19.4. The third kappa shape index (κ3) is 5.21. The Kier molecular flexibility index (Phi) is 7.59. The summed E-state index contributed by atoms with van der Waals surface area (Å²) in [6.45, 7) is 12.7. The number of ether oxygens (including phenoxy) is 6. The predicted molar refractivity (Wildman–Crippen MR) is 110 cm³/mol. The Morgan fingerprint density at radius 3 is 2.29 bits per heavy atom. The average molecular weight is 442 g/mol. The summed E-state index contributed by atoms with van der Waals surface area (Å²) in [6, 6.07) is -0.243. The van der Waals surface area contributed by atoms with Gasteiger partial charge in [-0.05, 0) is 12.3 Å². The van der Waals surface area contributed by atoms with E-state index in [1.54, 1.807) is 6.92 Å². The Morgan fingerprint density at radius 1 is 0.968 bits per heavy atom. The molecule has 0 radical (unpaired) electrons. The number of nitrogens with zero attached hydrogens (tertiary/aromatic N) is 1. The van der Waals surface area contributed by atoms with Crippen molar-refractivity contribution in [2.45, 2.75) is 97.9 Å². The highest BCUT2D eigenvalue weighted by atomic mass is 16.7.